The zero-order chi connectivity index (χ0) is 19.4. The largest absolute Gasteiger partial charge is 0.285 e. The highest BCUT2D eigenvalue weighted by atomic mass is 32.2. The lowest BCUT2D eigenvalue weighted by Gasteiger charge is -2.15. The standard InChI is InChI=1S/C18H13N3O4S2/c22-16(11-12-5-2-1-3-6-12)19-20-17(23)15(27-18(20)26)10-13-7-4-8-14(9-13)21(24)25/h1-10H,11H2,(H,19,22)/b15-10-. The van der Waals surface area contributed by atoms with Crippen LogP contribution in [0.25, 0.3) is 6.08 Å². The molecule has 0 radical (unpaired) electrons. The summed E-state index contributed by atoms with van der Waals surface area (Å²) in [7, 11) is 0. The summed E-state index contributed by atoms with van der Waals surface area (Å²) in [4.78, 5) is 35.3. The van der Waals surface area contributed by atoms with Crippen molar-refractivity contribution in [3.05, 3.63) is 80.7 Å². The molecule has 0 atom stereocenters. The molecule has 136 valence electrons. The number of hydrogen-bond donors (Lipinski definition) is 1. The average Bonchev–Trinajstić information content (AvgIpc) is 2.90. The van der Waals surface area contributed by atoms with Crippen molar-refractivity contribution in [1.82, 2.24) is 10.4 Å². The number of hydrogen-bond acceptors (Lipinski definition) is 6. The Morgan fingerprint density at radius 2 is 1.96 bits per heavy atom. The molecule has 2 aromatic rings. The topological polar surface area (TPSA) is 92.6 Å². The predicted octanol–water partition coefficient (Wildman–Crippen LogP) is 3.07. The molecule has 1 fully saturated rings. The van der Waals surface area contributed by atoms with Gasteiger partial charge >= 0.3 is 0 Å². The number of rotatable bonds is 5. The quantitative estimate of drug-likeness (QED) is 0.360. The van der Waals surface area contributed by atoms with Crippen molar-refractivity contribution < 1.29 is 14.5 Å². The number of hydrazine groups is 1. The summed E-state index contributed by atoms with van der Waals surface area (Å²) in [6.07, 6.45) is 1.62. The van der Waals surface area contributed by atoms with Gasteiger partial charge in [-0.2, -0.15) is 5.01 Å². The molecular weight excluding hydrogens is 386 g/mol. The molecule has 0 aliphatic carbocycles. The van der Waals surface area contributed by atoms with Gasteiger partial charge in [0.2, 0.25) is 5.91 Å². The number of nitro groups is 1. The summed E-state index contributed by atoms with van der Waals surface area (Å²) in [6, 6.07) is 15.0. The highest BCUT2D eigenvalue weighted by Gasteiger charge is 2.33. The summed E-state index contributed by atoms with van der Waals surface area (Å²) in [5, 5.41) is 11.9. The van der Waals surface area contributed by atoms with Crippen LogP contribution < -0.4 is 5.43 Å². The second-order valence-corrected chi connectivity index (χ2v) is 7.24. The molecule has 0 saturated carbocycles. The van der Waals surface area contributed by atoms with Gasteiger partial charge in [-0.15, -0.1) is 0 Å². The predicted molar refractivity (Wildman–Crippen MR) is 106 cm³/mol. The Morgan fingerprint density at radius 3 is 2.67 bits per heavy atom. The lowest BCUT2D eigenvalue weighted by Crippen LogP contribution is -2.45. The van der Waals surface area contributed by atoms with Gasteiger partial charge in [0.1, 0.15) is 0 Å². The molecule has 1 saturated heterocycles. The molecule has 2 amide bonds. The van der Waals surface area contributed by atoms with Crippen LogP contribution in [-0.2, 0) is 16.0 Å². The summed E-state index contributed by atoms with van der Waals surface area (Å²) in [5.41, 5.74) is 3.75. The normalized spacial score (nSPS) is 15.3. The van der Waals surface area contributed by atoms with Crippen molar-refractivity contribution in [2.24, 2.45) is 0 Å². The Morgan fingerprint density at radius 1 is 1.22 bits per heavy atom. The number of thioether (sulfide) groups is 1. The second kappa shape index (κ2) is 8.11. The van der Waals surface area contributed by atoms with E-state index in [0.29, 0.717) is 5.56 Å². The number of carbonyl (C=O) groups is 2. The van der Waals surface area contributed by atoms with E-state index in [-0.39, 0.29) is 27.2 Å². The lowest BCUT2D eigenvalue weighted by atomic mass is 10.1. The first-order chi connectivity index (χ1) is 12.9. The maximum absolute atomic E-state index is 12.5. The first-order valence-electron chi connectivity index (χ1n) is 7.80. The Balaban J connectivity index is 1.72. The van der Waals surface area contributed by atoms with Gasteiger partial charge in [-0.3, -0.25) is 25.1 Å². The van der Waals surface area contributed by atoms with Gasteiger partial charge < -0.3 is 0 Å². The number of carbonyl (C=O) groups excluding carboxylic acids is 2. The molecule has 9 heteroatoms. The van der Waals surface area contributed by atoms with Crippen LogP contribution in [0.3, 0.4) is 0 Å². The third-order valence-electron chi connectivity index (χ3n) is 3.62. The van der Waals surface area contributed by atoms with Crippen molar-refractivity contribution in [3.63, 3.8) is 0 Å². The molecule has 2 aromatic carbocycles. The Labute approximate surface area is 164 Å². The van der Waals surface area contributed by atoms with Gasteiger partial charge in [0.25, 0.3) is 11.6 Å². The lowest BCUT2D eigenvalue weighted by molar-refractivity contribution is -0.384. The molecule has 1 N–H and O–H groups in total. The van der Waals surface area contributed by atoms with Crippen LogP contribution in [0.15, 0.2) is 59.5 Å². The van der Waals surface area contributed by atoms with Crippen LogP contribution in [-0.4, -0.2) is 26.1 Å². The molecule has 0 unspecified atom stereocenters. The number of benzene rings is 2. The Kier molecular flexibility index (Phi) is 5.63. The van der Waals surface area contributed by atoms with Gasteiger partial charge in [0, 0.05) is 12.1 Å². The minimum Gasteiger partial charge on any atom is -0.273 e. The number of non-ortho nitro benzene ring substituents is 1. The molecule has 0 aromatic heterocycles. The fourth-order valence-electron chi connectivity index (χ4n) is 2.39. The van der Waals surface area contributed by atoms with Crippen LogP contribution in [0.2, 0.25) is 0 Å². The van der Waals surface area contributed by atoms with Crippen molar-refractivity contribution in [3.8, 4) is 0 Å². The van der Waals surface area contributed by atoms with E-state index in [1.165, 1.54) is 24.3 Å². The Hall–Kier alpha value is -3.04. The van der Waals surface area contributed by atoms with Crippen LogP contribution in [0.4, 0.5) is 5.69 Å². The summed E-state index contributed by atoms with van der Waals surface area (Å²) in [5.74, 6) is -0.841. The van der Waals surface area contributed by atoms with Crippen molar-refractivity contribution in [1.29, 1.82) is 0 Å². The molecule has 27 heavy (non-hydrogen) atoms. The first kappa shape index (κ1) is 18.7. The fourth-order valence-corrected chi connectivity index (χ4v) is 3.57. The zero-order valence-corrected chi connectivity index (χ0v) is 15.5. The molecular formula is C18H13N3O4S2. The molecule has 7 nitrogen and oxygen atoms in total. The molecule has 1 aliphatic heterocycles. The minimum absolute atomic E-state index is 0.0737. The van der Waals surface area contributed by atoms with E-state index in [1.807, 2.05) is 30.3 Å². The maximum atomic E-state index is 12.5. The van der Waals surface area contributed by atoms with Crippen LogP contribution in [0.5, 0.6) is 0 Å². The molecule has 3 rings (SSSR count). The molecule has 0 spiro atoms. The van der Waals surface area contributed by atoms with Gasteiger partial charge in [0.15, 0.2) is 4.32 Å². The maximum Gasteiger partial charge on any atom is 0.285 e. The van der Waals surface area contributed by atoms with Crippen LogP contribution in [0, 0.1) is 10.1 Å². The van der Waals surface area contributed by atoms with Gasteiger partial charge in [-0.05, 0) is 29.4 Å². The monoisotopic (exact) mass is 399 g/mol. The average molecular weight is 399 g/mol. The number of nitrogens with zero attached hydrogens (tertiary/aromatic N) is 2. The zero-order valence-electron chi connectivity index (χ0n) is 13.8. The Bertz CT molecular complexity index is 960. The van der Waals surface area contributed by atoms with E-state index in [2.05, 4.69) is 5.43 Å². The number of nitrogens with one attached hydrogen (secondary N) is 1. The van der Waals surface area contributed by atoms with Gasteiger partial charge in [0.05, 0.1) is 16.2 Å². The van der Waals surface area contributed by atoms with Crippen LogP contribution in [0.1, 0.15) is 11.1 Å². The highest BCUT2D eigenvalue weighted by Crippen LogP contribution is 2.31. The van der Waals surface area contributed by atoms with E-state index in [9.17, 15) is 19.7 Å². The van der Waals surface area contributed by atoms with Crippen LogP contribution >= 0.6 is 24.0 Å². The SMILES string of the molecule is O=C(Cc1ccccc1)NN1C(=O)/C(=C/c2cccc([N+](=O)[O-])c2)SC1=S. The summed E-state index contributed by atoms with van der Waals surface area (Å²) >= 11 is 6.19. The summed E-state index contributed by atoms with van der Waals surface area (Å²) in [6.45, 7) is 0. The third-order valence-corrected chi connectivity index (χ3v) is 4.92. The third kappa shape index (κ3) is 4.57. The van der Waals surface area contributed by atoms with Gasteiger partial charge in [-0.25, -0.2) is 0 Å². The first-order valence-corrected chi connectivity index (χ1v) is 9.02. The smallest absolute Gasteiger partial charge is 0.273 e. The van der Waals surface area contributed by atoms with E-state index >= 15 is 0 Å². The molecule has 1 heterocycles. The van der Waals surface area contributed by atoms with E-state index < -0.39 is 10.8 Å². The summed E-state index contributed by atoms with van der Waals surface area (Å²) < 4.78 is 0.193. The number of thiocarbonyl (C=S) groups is 1. The number of nitro benzene ring substituents is 1. The number of amides is 2. The van der Waals surface area contributed by atoms with E-state index in [1.54, 1.807) is 6.07 Å². The van der Waals surface area contributed by atoms with Crippen molar-refractivity contribution in [2.45, 2.75) is 6.42 Å². The molecule has 1 aliphatic rings. The molecule has 0 bridgehead atoms. The van der Waals surface area contributed by atoms with Crippen molar-refractivity contribution in [2.75, 3.05) is 0 Å². The van der Waals surface area contributed by atoms with Gasteiger partial charge in [-0.1, -0.05) is 54.2 Å². The van der Waals surface area contributed by atoms with E-state index in [0.717, 1.165) is 22.3 Å². The van der Waals surface area contributed by atoms with E-state index in [4.69, 9.17) is 12.2 Å². The highest BCUT2D eigenvalue weighted by molar-refractivity contribution is 8.26. The van der Waals surface area contributed by atoms with Crippen molar-refractivity contribution >= 4 is 51.9 Å². The minimum atomic E-state index is -0.508. The fraction of sp³-hybridized carbons (Fsp3) is 0.0556. The second-order valence-electron chi connectivity index (χ2n) is 5.57.